The van der Waals surface area contributed by atoms with E-state index in [0.717, 1.165) is 11.1 Å². The molecular weight excluding hydrogens is 224 g/mol. The van der Waals surface area contributed by atoms with Crippen molar-refractivity contribution < 1.29 is 9.59 Å². The molecule has 0 N–H and O–H groups in total. The Morgan fingerprint density at radius 2 is 1.67 bits per heavy atom. The lowest BCUT2D eigenvalue weighted by molar-refractivity contribution is -0.127. The number of hydrogen-bond acceptors (Lipinski definition) is 2. The minimum Gasteiger partial charge on any atom is -0.298 e. The van der Waals surface area contributed by atoms with Gasteiger partial charge < -0.3 is 0 Å². The molecule has 0 aliphatic carbocycles. The molecular formula is C16H22O2. The van der Waals surface area contributed by atoms with Gasteiger partial charge in [0.05, 0.1) is 5.41 Å². The van der Waals surface area contributed by atoms with Gasteiger partial charge in [0.2, 0.25) is 0 Å². The molecule has 0 spiro atoms. The Labute approximate surface area is 109 Å². The first-order valence-electron chi connectivity index (χ1n) is 6.34. The lowest BCUT2D eigenvalue weighted by Crippen LogP contribution is -2.36. The van der Waals surface area contributed by atoms with Crippen LogP contribution in [0.3, 0.4) is 0 Å². The van der Waals surface area contributed by atoms with E-state index in [9.17, 15) is 9.59 Å². The van der Waals surface area contributed by atoms with E-state index in [1.165, 1.54) is 0 Å². The summed E-state index contributed by atoms with van der Waals surface area (Å²) in [6.07, 6.45) is 0. The van der Waals surface area contributed by atoms with Crippen LogP contribution in [0.25, 0.3) is 0 Å². The van der Waals surface area contributed by atoms with Crippen molar-refractivity contribution in [1.29, 1.82) is 0 Å². The molecule has 18 heavy (non-hydrogen) atoms. The summed E-state index contributed by atoms with van der Waals surface area (Å²) in [5, 5.41) is 0. The summed E-state index contributed by atoms with van der Waals surface area (Å²) in [5.74, 6) is -0.218. The van der Waals surface area contributed by atoms with Crippen LogP contribution in [0.1, 0.15) is 49.2 Å². The van der Waals surface area contributed by atoms with E-state index in [1.807, 2.05) is 45.9 Å². The number of Topliss-reactive ketones (excluding diaryl/α,β-unsaturated/α-hetero) is 2. The molecule has 0 aliphatic rings. The zero-order valence-electron chi connectivity index (χ0n) is 12.1. The second kappa shape index (κ2) is 5.05. The fourth-order valence-electron chi connectivity index (χ4n) is 2.15. The Balaban J connectivity index is 3.21. The predicted octanol–water partition coefficient (Wildman–Crippen LogP) is 3.74. The Hall–Kier alpha value is -1.44. The van der Waals surface area contributed by atoms with E-state index < -0.39 is 5.41 Å². The van der Waals surface area contributed by atoms with Crippen molar-refractivity contribution >= 4 is 11.6 Å². The average molecular weight is 246 g/mol. The van der Waals surface area contributed by atoms with Crippen molar-refractivity contribution in [3.05, 3.63) is 34.9 Å². The third-order valence-corrected chi connectivity index (χ3v) is 3.35. The van der Waals surface area contributed by atoms with E-state index in [0.29, 0.717) is 5.56 Å². The maximum atomic E-state index is 12.6. The zero-order valence-corrected chi connectivity index (χ0v) is 12.1. The highest BCUT2D eigenvalue weighted by Gasteiger charge is 2.37. The minimum atomic E-state index is -0.952. The van der Waals surface area contributed by atoms with Crippen molar-refractivity contribution in [3.8, 4) is 0 Å². The molecule has 0 aromatic heterocycles. The molecule has 0 unspecified atom stereocenters. The van der Waals surface area contributed by atoms with Gasteiger partial charge in [-0.1, -0.05) is 31.5 Å². The highest BCUT2D eigenvalue weighted by molar-refractivity contribution is 6.14. The van der Waals surface area contributed by atoms with Crippen LogP contribution in [0.2, 0.25) is 0 Å². The summed E-state index contributed by atoms with van der Waals surface area (Å²) in [6.45, 7) is 11.0. The molecule has 0 radical (unpaired) electrons. The van der Waals surface area contributed by atoms with Gasteiger partial charge in [0.15, 0.2) is 5.78 Å². The lowest BCUT2D eigenvalue weighted by Gasteiger charge is -2.24. The van der Waals surface area contributed by atoms with Gasteiger partial charge in [-0.15, -0.1) is 0 Å². The largest absolute Gasteiger partial charge is 0.298 e. The molecule has 2 heteroatoms. The molecule has 0 amide bonds. The maximum absolute atomic E-state index is 12.6. The van der Waals surface area contributed by atoms with Gasteiger partial charge in [-0.25, -0.2) is 0 Å². The van der Waals surface area contributed by atoms with Gasteiger partial charge in [0.25, 0.3) is 0 Å². The van der Waals surface area contributed by atoms with E-state index in [-0.39, 0.29) is 17.5 Å². The third-order valence-electron chi connectivity index (χ3n) is 3.35. The number of benzene rings is 1. The molecule has 2 nitrogen and oxygen atoms in total. The van der Waals surface area contributed by atoms with Crippen LogP contribution < -0.4 is 0 Å². The SMILES string of the molecule is Cc1ccc(C)c(C(=O)C(C)(C)C(=O)C(C)C)c1. The third kappa shape index (κ3) is 2.69. The number of aryl methyl sites for hydroxylation is 2. The normalized spacial score (nSPS) is 11.7. The molecule has 0 aliphatic heterocycles. The molecule has 0 bridgehead atoms. The average Bonchev–Trinajstić information content (AvgIpc) is 2.30. The summed E-state index contributed by atoms with van der Waals surface area (Å²) in [5.41, 5.74) is 1.67. The monoisotopic (exact) mass is 246 g/mol. The Morgan fingerprint density at radius 3 is 2.17 bits per heavy atom. The van der Waals surface area contributed by atoms with E-state index >= 15 is 0 Å². The number of ketones is 2. The molecule has 1 aromatic rings. The van der Waals surface area contributed by atoms with Crippen LogP contribution >= 0.6 is 0 Å². The molecule has 98 valence electrons. The fraction of sp³-hybridized carbons (Fsp3) is 0.500. The topological polar surface area (TPSA) is 34.1 Å². The second-order valence-corrected chi connectivity index (χ2v) is 5.79. The standard InChI is InChI=1S/C16H22O2/c1-10(2)14(17)16(5,6)15(18)13-9-11(3)7-8-12(13)4/h7-10H,1-6H3. The minimum absolute atomic E-state index is 0.00611. The van der Waals surface area contributed by atoms with Crippen molar-refractivity contribution in [2.24, 2.45) is 11.3 Å². The summed E-state index contributed by atoms with van der Waals surface area (Å²) in [7, 11) is 0. The van der Waals surface area contributed by atoms with Crippen LogP contribution in [0.15, 0.2) is 18.2 Å². The van der Waals surface area contributed by atoms with Gasteiger partial charge in [-0.3, -0.25) is 9.59 Å². The van der Waals surface area contributed by atoms with Gasteiger partial charge >= 0.3 is 0 Å². The maximum Gasteiger partial charge on any atom is 0.176 e. The molecule has 1 rings (SSSR count). The van der Waals surface area contributed by atoms with Crippen LogP contribution in [-0.2, 0) is 4.79 Å². The quantitative estimate of drug-likeness (QED) is 0.599. The number of carbonyl (C=O) groups is 2. The smallest absolute Gasteiger partial charge is 0.176 e. The van der Waals surface area contributed by atoms with Crippen molar-refractivity contribution in [3.63, 3.8) is 0 Å². The highest BCUT2D eigenvalue weighted by Crippen LogP contribution is 2.28. The number of carbonyl (C=O) groups excluding carboxylic acids is 2. The van der Waals surface area contributed by atoms with Gasteiger partial charge in [-0.05, 0) is 39.3 Å². The van der Waals surface area contributed by atoms with Crippen molar-refractivity contribution in [2.75, 3.05) is 0 Å². The first-order chi connectivity index (χ1) is 8.17. The molecule has 1 aromatic carbocycles. The number of hydrogen-bond donors (Lipinski definition) is 0. The summed E-state index contributed by atoms with van der Waals surface area (Å²) >= 11 is 0. The molecule has 0 saturated heterocycles. The highest BCUT2D eigenvalue weighted by atomic mass is 16.2. The summed E-state index contributed by atoms with van der Waals surface area (Å²) in [6, 6.07) is 5.77. The molecule has 0 atom stereocenters. The van der Waals surface area contributed by atoms with Gasteiger partial charge in [-0.2, -0.15) is 0 Å². The van der Waals surface area contributed by atoms with Crippen LogP contribution in [0.4, 0.5) is 0 Å². The summed E-state index contributed by atoms with van der Waals surface area (Å²) in [4.78, 5) is 24.7. The van der Waals surface area contributed by atoms with Crippen LogP contribution in [-0.4, -0.2) is 11.6 Å². The van der Waals surface area contributed by atoms with Gasteiger partial charge in [0.1, 0.15) is 5.78 Å². The Kier molecular flexibility index (Phi) is 4.10. The lowest BCUT2D eigenvalue weighted by atomic mass is 9.75. The van der Waals surface area contributed by atoms with Crippen molar-refractivity contribution in [1.82, 2.24) is 0 Å². The van der Waals surface area contributed by atoms with E-state index in [4.69, 9.17) is 0 Å². The molecule has 0 fully saturated rings. The van der Waals surface area contributed by atoms with Crippen LogP contribution in [0, 0.1) is 25.2 Å². The zero-order chi connectivity index (χ0) is 14.1. The first-order valence-corrected chi connectivity index (χ1v) is 6.34. The fourth-order valence-corrected chi connectivity index (χ4v) is 2.15. The van der Waals surface area contributed by atoms with Crippen LogP contribution in [0.5, 0.6) is 0 Å². The van der Waals surface area contributed by atoms with E-state index in [2.05, 4.69) is 0 Å². The van der Waals surface area contributed by atoms with Crippen molar-refractivity contribution in [2.45, 2.75) is 41.5 Å². The second-order valence-electron chi connectivity index (χ2n) is 5.79. The van der Waals surface area contributed by atoms with Gasteiger partial charge in [0, 0.05) is 11.5 Å². The molecule has 0 heterocycles. The predicted molar refractivity (Wildman–Crippen MR) is 73.9 cm³/mol. The van der Waals surface area contributed by atoms with E-state index in [1.54, 1.807) is 13.8 Å². The Bertz CT molecular complexity index is 482. The summed E-state index contributed by atoms with van der Waals surface area (Å²) < 4.78 is 0. The number of rotatable bonds is 4. The Morgan fingerprint density at radius 1 is 1.11 bits per heavy atom. The first kappa shape index (κ1) is 14.6. The molecule has 0 saturated carbocycles.